The number of esters is 1. The highest BCUT2D eigenvalue weighted by Gasteiger charge is 2.74. The number of allylic oxidation sites excluding steroid dienone is 1. The molecule has 0 amide bonds. The van der Waals surface area contributed by atoms with Crippen LogP contribution in [-0.2, 0) is 14.3 Å². The van der Waals surface area contributed by atoms with Crippen molar-refractivity contribution < 1.29 is 29.6 Å². The number of ketones is 1. The fraction of sp³-hybridized carbons (Fsp3) is 0.586. The second-order valence-corrected chi connectivity index (χ2v) is 11.9. The van der Waals surface area contributed by atoms with E-state index in [0.717, 1.165) is 5.56 Å². The summed E-state index contributed by atoms with van der Waals surface area (Å²) >= 11 is 0. The zero-order valence-corrected chi connectivity index (χ0v) is 21.3. The van der Waals surface area contributed by atoms with Gasteiger partial charge in [0.15, 0.2) is 11.4 Å². The lowest BCUT2D eigenvalue weighted by molar-refractivity contribution is -0.216. The maximum absolute atomic E-state index is 14.5. The molecule has 3 aliphatic carbocycles. The van der Waals surface area contributed by atoms with Crippen LogP contribution in [0.2, 0.25) is 0 Å². The average Bonchev–Trinajstić information content (AvgIpc) is 3.07. The van der Waals surface area contributed by atoms with Crippen LogP contribution in [0.4, 0.5) is 0 Å². The zero-order valence-electron chi connectivity index (χ0n) is 21.3. The number of hydrogen-bond donors (Lipinski definition) is 3. The third-order valence-corrected chi connectivity index (χ3v) is 9.29. The topological polar surface area (TPSA) is 104 Å². The molecule has 4 rings (SSSR count). The van der Waals surface area contributed by atoms with E-state index in [4.69, 9.17) is 4.74 Å². The molecule has 6 heteroatoms. The predicted octanol–water partition coefficient (Wildman–Crippen LogP) is 3.69. The number of benzene rings is 1. The minimum Gasteiger partial charge on any atom is -0.447 e. The summed E-state index contributed by atoms with van der Waals surface area (Å²) in [5.41, 5.74) is -3.50. The van der Waals surface area contributed by atoms with Crippen molar-refractivity contribution in [3.63, 3.8) is 0 Å². The molecule has 0 saturated heterocycles. The first-order chi connectivity index (χ1) is 16.3. The van der Waals surface area contributed by atoms with E-state index in [1.54, 1.807) is 19.1 Å². The number of rotatable bonds is 3. The molecule has 190 valence electrons. The highest BCUT2D eigenvalue weighted by molar-refractivity contribution is 5.99. The van der Waals surface area contributed by atoms with Crippen molar-refractivity contribution in [1.82, 2.24) is 0 Å². The minimum absolute atomic E-state index is 0.144. The molecule has 8 atom stereocenters. The van der Waals surface area contributed by atoms with Crippen molar-refractivity contribution in [3.05, 3.63) is 54.1 Å². The van der Waals surface area contributed by atoms with Crippen LogP contribution in [0, 0.1) is 28.1 Å². The summed E-state index contributed by atoms with van der Waals surface area (Å²) in [6, 6.07) is 9.30. The van der Waals surface area contributed by atoms with Crippen LogP contribution in [0.1, 0.15) is 59.4 Å². The van der Waals surface area contributed by atoms with Crippen LogP contribution in [0.15, 0.2) is 48.6 Å². The van der Waals surface area contributed by atoms with E-state index in [2.05, 4.69) is 0 Å². The number of fused-ring (bicyclic) bond motifs is 2. The Bertz CT molecular complexity index is 1040. The Kier molecular flexibility index (Phi) is 6.40. The van der Waals surface area contributed by atoms with Crippen LogP contribution >= 0.6 is 0 Å². The van der Waals surface area contributed by atoms with Crippen molar-refractivity contribution in [1.29, 1.82) is 0 Å². The highest BCUT2D eigenvalue weighted by Crippen LogP contribution is 2.63. The number of carbonyl (C=O) groups excluding carboxylic acids is 2. The Morgan fingerprint density at radius 2 is 1.71 bits per heavy atom. The van der Waals surface area contributed by atoms with Crippen LogP contribution in [0.25, 0.3) is 6.08 Å². The summed E-state index contributed by atoms with van der Waals surface area (Å²) in [5, 5.41) is 33.7. The molecular formula is C29H38O6. The molecule has 0 heterocycles. The summed E-state index contributed by atoms with van der Waals surface area (Å²) < 4.78 is 5.97. The largest absolute Gasteiger partial charge is 0.447 e. The van der Waals surface area contributed by atoms with Gasteiger partial charge >= 0.3 is 5.97 Å². The van der Waals surface area contributed by atoms with Crippen LogP contribution in [0.3, 0.4) is 0 Å². The van der Waals surface area contributed by atoms with Gasteiger partial charge in [-0.3, -0.25) is 4.79 Å². The average molecular weight is 483 g/mol. The van der Waals surface area contributed by atoms with Gasteiger partial charge in [-0.05, 0) is 37.3 Å². The third-order valence-electron chi connectivity index (χ3n) is 9.29. The molecular weight excluding hydrogens is 444 g/mol. The number of ether oxygens (including phenoxy) is 1. The lowest BCUT2D eigenvalue weighted by Gasteiger charge is -2.59. The third kappa shape index (κ3) is 3.90. The normalized spacial score (nSPS) is 43.7. The van der Waals surface area contributed by atoms with Crippen LogP contribution in [-0.4, -0.2) is 51.0 Å². The summed E-state index contributed by atoms with van der Waals surface area (Å²) in [7, 11) is 0. The second-order valence-electron chi connectivity index (χ2n) is 11.9. The van der Waals surface area contributed by atoms with Crippen molar-refractivity contribution in [3.8, 4) is 0 Å². The quantitative estimate of drug-likeness (QED) is 0.345. The van der Waals surface area contributed by atoms with Crippen LogP contribution < -0.4 is 0 Å². The molecule has 0 aromatic heterocycles. The molecule has 35 heavy (non-hydrogen) atoms. The van der Waals surface area contributed by atoms with E-state index in [1.165, 1.54) is 6.08 Å². The minimum atomic E-state index is -1.64. The molecule has 2 fully saturated rings. The van der Waals surface area contributed by atoms with Crippen molar-refractivity contribution in [2.75, 3.05) is 0 Å². The fourth-order valence-corrected chi connectivity index (χ4v) is 6.53. The van der Waals surface area contributed by atoms with Crippen molar-refractivity contribution >= 4 is 17.8 Å². The van der Waals surface area contributed by atoms with Crippen LogP contribution in [0.5, 0.6) is 0 Å². The molecule has 0 radical (unpaired) electrons. The smallest absolute Gasteiger partial charge is 0.331 e. The summed E-state index contributed by atoms with van der Waals surface area (Å²) in [6.07, 6.45) is 4.73. The second kappa shape index (κ2) is 8.68. The molecule has 1 aromatic rings. The van der Waals surface area contributed by atoms with E-state index in [0.29, 0.717) is 12.8 Å². The Morgan fingerprint density at radius 3 is 2.37 bits per heavy atom. The molecule has 2 saturated carbocycles. The van der Waals surface area contributed by atoms with E-state index < -0.39 is 52.0 Å². The number of Topliss-reactive ketones (excluding diaryl/α,β-unsaturated/α-hetero) is 1. The first-order valence-electron chi connectivity index (χ1n) is 12.5. The van der Waals surface area contributed by atoms with Gasteiger partial charge in [-0.15, -0.1) is 0 Å². The molecule has 3 N–H and O–H groups in total. The maximum atomic E-state index is 14.5. The van der Waals surface area contributed by atoms with Crippen molar-refractivity contribution in [2.24, 2.45) is 28.1 Å². The van der Waals surface area contributed by atoms with Gasteiger partial charge in [-0.2, -0.15) is 0 Å². The first-order valence-corrected chi connectivity index (χ1v) is 12.5. The van der Waals surface area contributed by atoms with E-state index in [1.807, 2.05) is 64.1 Å². The number of aliphatic hydroxyl groups excluding tert-OH is 3. The van der Waals surface area contributed by atoms with Gasteiger partial charge in [-0.1, -0.05) is 70.2 Å². The Balaban J connectivity index is 1.78. The number of hydrogen-bond acceptors (Lipinski definition) is 6. The molecule has 0 unspecified atom stereocenters. The summed E-state index contributed by atoms with van der Waals surface area (Å²) in [4.78, 5) is 27.5. The highest BCUT2D eigenvalue weighted by atomic mass is 16.6. The van der Waals surface area contributed by atoms with E-state index in [9.17, 15) is 24.9 Å². The van der Waals surface area contributed by atoms with Gasteiger partial charge in [0.2, 0.25) is 0 Å². The fourth-order valence-electron chi connectivity index (χ4n) is 6.53. The van der Waals surface area contributed by atoms with E-state index in [-0.39, 0.29) is 18.1 Å². The standard InChI is InChI=1S/C29H38O6/c1-18-17-29(35-21(31)12-11-19-9-7-6-8-10-19)22(23(18)32)24(33)27(4)14-13-20(30)26(2,3)15-16-28(27,5)25(29)34/h6-12,15-16,18,20,22-24,30,32-33H,13-14,17H2,1-5H3/b12-11+,16-15+/t18-,20-,22+,23-,24+,27-,28+,29+/m0/s1. The lowest BCUT2D eigenvalue weighted by atomic mass is 9.47. The van der Waals surface area contributed by atoms with Gasteiger partial charge in [0.1, 0.15) is 0 Å². The summed E-state index contributed by atoms with van der Waals surface area (Å²) in [5.74, 6) is -2.27. The summed E-state index contributed by atoms with van der Waals surface area (Å²) in [6.45, 7) is 9.29. The van der Waals surface area contributed by atoms with Gasteiger partial charge < -0.3 is 20.1 Å². The molecule has 6 nitrogen and oxygen atoms in total. The lowest BCUT2D eigenvalue weighted by Crippen LogP contribution is -2.70. The zero-order chi connectivity index (χ0) is 25.8. The molecule has 0 bridgehead atoms. The Hall–Kier alpha value is -2.28. The first kappa shape index (κ1) is 25.8. The molecule has 3 aliphatic rings. The van der Waals surface area contributed by atoms with Gasteiger partial charge in [0.05, 0.1) is 29.6 Å². The van der Waals surface area contributed by atoms with Gasteiger partial charge in [0, 0.05) is 23.3 Å². The van der Waals surface area contributed by atoms with Gasteiger partial charge in [-0.25, -0.2) is 4.79 Å². The SMILES string of the molecule is C[C@H]1C[C@]2(OC(=O)/C=C/c3ccccc3)C(=O)[C@@]3(C)/C=C/C(C)(C)[C@@H](O)CC[C@@]3(C)[C@H](O)[C@H]2[C@H]1O. The van der Waals surface area contributed by atoms with Gasteiger partial charge in [0.25, 0.3) is 0 Å². The predicted molar refractivity (Wildman–Crippen MR) is 133 cm³/mol. The molecule has 0 spiro atoms. The maximum Gasteiger partial charge on any atom is 0.331 e. The van der Waals surface area contributed by atoms with E-state index >= 15 is 0 Å². The Labute approximate surface area is 207 Å². The molecule has 1 aromatic carbocycles. The monoisotopic (exact) mass is 482 g/mol. The Morgan fingerprint density at radius 1 is 1.06 bits per heavy atom. The number of carbonyl (C=O) groups is 2. The number of aliphatic hydroxyl groups is 3. The molecule has 0 aliphatic heterocycles. The van der Waals surface area contributed by atoms with Crippen molar-refractivity contribution in [2.45, 2.75) is 77.8 Å².